The van der Waals surface area contributed by atoms with E-state index in [9.17, 15) is 0 Å². The predicted molar refractivity (Wildman–Crippen MR) is 54.3 cm³/mol. The molecule has 0 unspecified atom stereocenters. The van der Waals surface area contributed by atoms with Crippen LogP contribution in [0, 0.1) is 0 Å². The van der Waals surface area contributed by atoms with Gasteiger partial charge in [-0.15, -0.1) is 0 Å². The summed E-state index contributed by atoms with van der Waals surface area (Å²) in [5.74, 6) is 0.537. The number of hydrazine groups is 1. The average molecular weight is 185 g/mol. The number of rotatable bonds is 3. The van der Waals surface area contributed by atoms with Gasteiger partial charge in [-0.05, 0) is 26.3 Å². The molecule has 1 aliphatic carbocycles. The van der Waals surface area contributed by atoms with Crippen LogP contribution in [0.25, 0.3) is 0 Å². The monoisotopic (exact) mass is 185 g/mol. The minimum absolute atomic E-state index is 0.467. The van der Waals surface area contributed by atoms with Gasteiger partial charge in [-0.3, -0.25) is 15.8 Å². The van der Waals surface area contributed by atoms with E-state index in [0.29, 0.717) is 18.0 Å². The van der Waals surface area contributed by atoms with Crippen LogP contribution in [-0.4, -0.2) is 32.1 Å². The Morgan fingerprint density at radius 2 is 2.08 bits per heavy atom. The van der Waals surface area contributed by atoms with Crippen molar-refractivity contribution in [2.24, 2.45) is 10.7 Å². The summed E-state index contributed by atoms with van der Waals surface area (Å²) in [5, 5.41) is 3.18. The first-order valence-electron chi connectivity index (χ1n) is 4.67. The maximum atomic E-state index is 5.58. The van der Waals surface area contributed by atoms with Crippen LogP contribution in [0.15, 0.2) is 4.99 Å². The maximum absolute atomic E-state index is 5.58. The van der Waals surface area contributed by atoms with Crippen molar-refractivity contribution in [3.05, 3.63) is 0 Å². The lowest BCUT2D eigenvalue weighted by atomic mass is 10.2. The smallest absolute Gasteiger partial charge is 0.188 e. The van der Waals surface area contributed by atoms with Gasteiger partial charge in [-0.2, -0.15) is 0 Å². The number of guanidine groups is 1. The highest BCUT2D eigenvalue weighted by atomic mass is 15.4. The standard InChI is InChI=1S/C8H19N5/c1-10-8(9)12-6-3-4-7(5-6)13-11-2/h6-7,11,13H,3-5H2,1-2H3,(H3,9,10,12)/t6-,7-/m0/s1. The van der Waals surface area contributed by atoms with Crippen LogP contribution in [0.2, 0.25) is 0 Å². The zero-order valence-electron chi connectivity index (χ0n) is 8.30. The summed E-state index contributed by atoms with van der Waals surface area (Å²) < 4.78 is 0. The first kappa shape index (κ1) is 10.3. The third kappa shape index (κ3) is 3.20. The van der Waals surface area contributed by atoms with Gasteiger partial charge in [-0.25, -0.2) is 0 Å². The maximum Gasteiger partial charge on any atom is 0.188 e. The van der Waals surface area contributed by atoms with Crippen molar-refractivity contribution in [1.82, 2.24) is 16.2 Å². The Kier molecular flexibility index (Phi) is 3.98. The van der Waals surface area contributed by atoms with E-state index >= 15 is 0 Å². The highest BCUT2D eigenvalue weighted by Crippen LogP contribution is 2.18. The molecule has 1 fully saturated rings. The molecular weight excluding hydrogens is 166 g/mol. The summed E-state index contributed by atoms with van der Waals surface area (Å²) in [6, 6.07) is 1.02. The Bertz CT molecular complexity index is 179. The molecule has 0 heterocycles. The lowest BCUT2D eigenvalue weighted by Gasteiger charge is -2.13. The summed E-state index contributed by atoms with van der Waals surface area (Å²) in [6.45, 7) is 0. The molecule has 0 saturated heterocycles. The summed E-state index contributed by atoms with van der Waals surface area (Å²) in [6.07, 6.45) is 3.42. The second-order valence-electron chi connectivity index (χ2n) is 3.35. The Labute approximate surface area is 79.1 Å². The van der Waals surface area contributed by atoms with Gasteiger partial charge in [0.2, 0.25) is 0 Å². The van der Waals surface area contributed by atoms with Crippen LogP contribution in [0.1, 0.15) is 19.3 Å². The Hall–Kier alpha value is -0.810. The highest BCUT2D eigenvalue weighted by molar-refractivity contribution is 5.77. The second kappa shape index (κ2) is 5.04. The molecule has 2 atom stereocenters. The van der Waals surface area contributed by atoms with E-state index in [1.807, 2.05) is 7.05 Å². The van der Waals surface area contributed by atoms with Gasteiger partial charge in [0.1, 0.15) is 0 Å². The van der Waals surface area contributed by atoms with Gasteiger partial charge < -0.3 is 11.1 Å². The number of nitrogens with one attached hydrogen (secondary N) is 3. The molecule has 0 spiro atoms. The number of hydrogen-bond acceptors (Lipinski definition) is 3. The first-order chi connectivity index (χ1) is 6.26. The van der Waals surface area contributed by atoms with Crippen LogP contribution < -0.4 is 21.9 Å². The van der Waals surface area contributed by atoms with E-state index < -0.39 is 0 Å². The molecule has 1 rings (SSSR count). The molecule has 0 amide bonds. The normalized spacial score (nSPS) is 29.2. The molecule has 1 aliphatic rings. The van der Waals surface area contributed by atoms with Crippen molar-refractivity contribution in [1.29, 1.82) is 0 Å². The minimum atomic E-state index is 0.467. The molecule has 0 aromatic heterocycles. The zero-order valence-corrected chi connectivity index (χ0v) is 8.30. The van der Waals surface area contributed by atoms with Crippen molar-refractivity contribution in [2.45, 2.75) is 31.3 Å². The van der Waals surface area contributed by atoms with E-state index in [-0.39, 0.29) is 0 Å². The molecule has 1 saturated carbocycles. The molecule has 0 bridgehead atoms. The van der Waals surface area contributed by atoms with Gasteiger partial charge >= 0.3 is 0 Å². The van der Waals surface area contributed by atoms with E-state index in [2.05, 4.69) is 21.2 Å². The van der Waals surface area contributed by atoms with Gasteiger partial charge in [0.15, 0.2) is 5.96 Å². The van der Waals surface area contributed by atoms with Crippen LogP contribution in [0.3, 0.4) is 0 Å². The summed E-state index contributed by atoms with van der Waals surface area (Å²) in [4.78, 5) is 3.87. The first-order valence-corrected chi connectivity index (χ1v) is 4.67. The molecular formula is C8H19N5. The van der Waals surface area contributed by atoms with Crippen molar-refractivity contribution in [3.8, 4) is 0 Å². The fourth-order valence-electron chi connectivity index (χ4n) is 1.72. The van der Waals surface area contributed by atoms with E-state index in [1.165, 1.54) is 6.42 Å². The molecule has 13 heavy (non-hydrogen) atoms. The fraction of sp³-hybridized carbons (Fsp3) is 0.875. The van der Waals surface area contributed by atoms with Gasteiger partial charge in [0.05, 0.1) is 0 Å². The van der Waals surface area contributed by atoms with E-state index in [0.717, 1.165) is 12.8 Å². The minimum Gasteiger partial charge on any atom is -0.370 e. The Morgan fingerprint density at radius 3 is 2.69 bits per heavy atom. The predicted octanol–water partition coefficient (Wildman–Crippen LogP) is -0.834. The lowest BCUT2D eigenvalue weighted by molar-refractivity contribution is 0.459. The number of hydrogen-bond donors (Lipinski definition) is 4. The largest absolute Gasteiger partial charge is 0.370 e. The molecule has 5 N–H and O–H groups in total. The average Bonchev–Trinajstić information content (AvgIpc) is 2.53. The molecule has 5 nitrogen and oxygen atoms in total. The highest BCUT2D eigenvalue weighted by Gasteiger charge is 2.23. The summed E-state index contributed by atoms with van der Waals surface area (Å²) >= 11 is 0. The van der Waals surface area contributed by atoms with Gasteiger partial charge in [-0.1, -0.05) is 0 Å². The molecule has 0 aliphatic heterocycles. The van der Waals surface area contributed by atoms with Crippen LogP contribution in [0.5, 0.6) is 0 Å². The molecule has 0 aromatic rings. The SMILES string of the molecule is CN=C(N)N[C@H]1CC[C@H](NNC)C1. The number of aliphatic imine (C=N–C) groups is 1. The quantitative estimate of drug-likeness (QED) is 0.263. The second-order valence-corrected chi connectivity index (χ2v) is 3.35. The van der Waals surface area contributed by atoms with Gasteiger partial charge in [0.25, 0.3) is 0 Å². The molecule has 0 aromatic carbocycles. The van der Waals surface area contributed by atoms with E-state index in [1.54, 1.807) is 7.05 Å². The van der Waals surface area contributed by atoms with Crippen molar-refractivity contribution >= 4 is 5.96 Å². The Morgan fingerprint density at radius 1 is 1.38 bits per heavy atom. The number of nitrogens with two attached hydrogens (primary N) is 1. The molecule has 0 radical (unpaired) electrons. The van der Waals surface area contributed by atoms with Crippen molar-refractivity contribution in [2.75, 3.05) is 14.1 Å². The van der Waals surface area contributed by atoms with Crippen molar-refractivity contribution in [3.63, 3.8) is 0 Å². The third-order valence-electron chi connectivity index (χ3n) is 2.37. The summed E-state index contributed by atoms with van der Waals surface area (Å²) in [5.41, 5.74) is 11.7. The topological polar surface area (TPSA) is 74.5 Å². The lowest BCUT2D eigenvalue weighted by Crippen LogP contribution is -2.41. The Balaban J connectivity index is 2.25. The third-order valence-corrected chi connectivity index (χ3v) is 2.37. The van der Waals surface area contributed by atoms with Crippen molar-refractivity contribution < 1.29 is 0 Å². The summed E-state index contributed by atoms with van der Waals surface area (Å²) in [7, 11) is 3.59. The molecule has 76 valence electrons. The van der Waals surface area contributed by atoms with Crippen LogP contribution >= 0.6 is 0 Å². The molecule has 5 heteroatoms. The van der Waals surface area contributed by atoms with E-state index in [4.69, 9.17) is 5.73 Å². The fourth-order valence-corrected chi connectivity index (χ4v) is 1.72. The van der Waals surface area contributed by atoms with Gasteiger partial charge in [0, 0.05) is 19.1 Å². The van der Waals surface area contributed by atoms with Crippen LogP contribution in [-0.2, 0) is 0 Å². The zero-order chi connectivity index (χ0) is 9.68. The van der Waals surface area contributed by atoms with Crippen LogP contribution in [0.4, 0.5) is 0 Å². The number of nitrogens with zero attached hydrogens (tertiary/aromatic N) is 1.